The summed E-state index contributed by atoms with van der Waals surface area (Å²) in [7, 11) is -3.45. The molecule has 1 aliphatic heterocycles. The smallest absolute Gasteiger partial charge is 0.293 e. The minimum absolute atomic E-state index is 0.0114. The third-order valence-corrected chi connectivity index (χ3v) is 5.44. The van der Waals surface area contributed by atoms with Crippen LogP contribution >= 0.6 is 0 Å². The van der Waals surface area contributed by atoms with Crippen LogP contribution in [0.15, 0.2) is 23.1 Å². The van der Waals surface area contributed by atoms with Crippen molar-refractivity contribution >= 4 is 21.2 Å². The lowest BCUT2D eigenvalue weighted by Crippen LogP contribution is -2.34. The molecule has 0 saturated carbocycles. The lowest BCUT2D eigenvalue weighted by Gasteiger charge is -2.34. The molecule has 0 bridgehead atoms. The first kappa shape index (κ1) is 17.7. The first-order chi connectivity index (χ1) is 10.7. The highest BCUT2D eigenvalue weighted by molar-refractivity contribution is 7.90. The molecular weight excluding hydrogens is 316 g/mol. The predicted octanol–water partition coefficient (Wildman–Crippen LogP) is 3.26. The minimum atomic E-state index is -3.45. The van der Waals surface area contributed by atoms with E-state index in [-0.39, 0.29) is 10.6 Å². The highest BCUT2D eigenvalue weighted by Gasteiger charge is 2.26. The number of rotatable bonds is 5. The molecule has 2 rings (SSSR count). The average molecular weight is 340 g/mol. The first-order valence-electron chi connectivity index (χ1n) is 7.92. The van der Waals surface area contributed by atoms with Gasteiger partial charge in [-0.3, -0.25) is 10.1 Å². The summed E-state index contributed by atoms with van der Waals surface area (Å²) >= 11 is 0. The molecule has 0 atom stereocenters. The number of nitro groups is 1. The molecule has 0 spiro atoms. The van der Waals surface area contributed by atoms with E-state index >= 15 is 0 Å². The number of anilines is 1. The van der Waals surface area contributed by atoms with Gasteiger partial charge in [0, 0.05) is 25.4 Å². The van der Waals surface area contributed by atoms with Gasteiger partial charge in [0.05, 0.1) is 9.82 Å². The van der Waals surface area contributed by atoms with E-state index < -0.39 is 14.8 Å². The van der Waals surface area contributed by atoms with Gasteiger partial charge in [0.1, 0.15) is 5.69 Å². The monoisotopic (exact) mass is 340 g/mol. The molecule has 1 heterocycles. The van der Waals surface area contributed by atoms with Crippen LogP contribution in [0.25, 0.3) is 0 Å². The van der Waals surface area contributed by atoms with Crippen LogP contribution in [0.3, 0.4) is 0 Å². The van der Waals surface area contributed by atoms with Gasteiger partial charge in [-0.05, 0) is 43.2 Å². The molecule has 1 aliphatic rings. The van der Waals surface area contributed by atoms with Gasteiger partial charge in [0.25, 0.3) is 5.69 Å². The van der Waals surface area contributed by atoms with E-state index in [9.17, 15) is 18.5 Å². The summed E-state index contributed by atoms with van der Waals surface area (Å²) in [5.41, 5.74) is 0.389. The minimum Gasteiger partial charge on any atom is -0.366 e. The van der Waals surface area contributed by atoms with Gasteiger partial charge in [-0.1, -0.05) is 13.8 Å². The van der Waals surface area contributed by atoms with Gasteiger partial charge in [0.2, 0.25) is 0 Å². The largest absolute Gasteiger partial charge is 0.366 e. The quantitative estimate of drug-likeness (QED) is 0.607. The topological polar surface area (TPSA) is 80.5 Å². The summed E-state index contributed by atoms with van der Waals surface area (Å²) < 4.78 is 23.2. The van der Waals surface area contributed by atoms with Gasteiger partial charge >= 0.3 is 0 Å². The van der Waals surface area contributed by atoms with Crippen LogP contribution in [0.1, 0.15) is 33.1 Å². The molecular formula is C16H24N2O4S. The number of sulfone groups is 1. The summed E-state index contributed by atoms with van der Waals surface area (Å²) in [4.78, 5) is 12.8. The highest BCUT2D eigenvalue weighted by Crippen LogP contribution is 2.34. The van der Waals surface area contributed by atoms with E-state index in [1.807, 2.05) is 4.90 Å². The maximum Gasteiger partial charge on any atom is 0.293 e. The summed E-state index contributed by atoms with van der Waals surface area (Å²) in [5, 5.41) is 11.3. The molecule has 1 fully saturated rings. The third kappa shape index (κ3) is 4.43. The van der Waals surface area contributed by atoms with Crippen molar-refractivity contribution in [1.29, 1.82) is 0 Å². The van der Waals surface area contributed by atoms with Crippen molar-refractivity contribution in [2.75, 3.05) is 24.2 Å². The van der Waals surface area contributed by atoms with E-state index in [4.69, 9.17) is 0 Å². The lowest BCUT2D eigenvalue weighted by molar-refractivity contribution is -0.384. The SMILES string of the molecule is CC(C)CC1CCN(c2ccc(S(C)(=O)=O)cc2[N+](=O)[O-])CC1. The van der Waals surface area contributed by atoms with Crippen molar-refractivity contribution in [1.82, 2.24) is 0 Å². The molecule has 0 amide bonds. The molecule has 0 unspecified atom stereocenters. The molecule has 23 heavy (non-hydrogen) atoms. The molecule has 6 nitrogen and oxygen atoms in total. The molecule has 128 valence electrons. The Kier molecular flexibility index (Phi) is 5.29. The van der Waals surface area contributed by atoms with Gasteiger partial charge in [0.15, 0.2) is 9.84 Å². The fraction of sp³-hybridized carbons (Fsp3) is 0.625. The van der Waals surface area contributed by atoms with Crippen LogP contribution in [0.4, 0.5) is 11.4 Å². The van der Waals surface area contributed by atoms with E-state index in [1.165, 1.54) is 18.6 Å². The van der Waals surface area contributed by atoms with E-state index in [0.29, 0.717) is 17.5 Å². The van der Waals surface area contributed by atoms with Crippen molar-refractivity contribution in [2.24, 2.45) is 11.8 Å². The molecule has 1 aromatic rings. The van der Waals surface area contributed by atoms with Crippen molar-refractivity contribution in [3.63, 3.8) is 0 Å². The van der Waals surface area contributed by atoms with Crippen LogP contribution < -0.4 is 4.90 Å². The summed E-state index contributed by atoms with van der Waals surface area (Å²) in [6, 6.07) is 4.19. The summed E-state index contributed by atoms with van der Waals surface area (Å²) in [5.74, 6) is 1.33. The van der Waals surface area contributed by atoms with Gasteiger partial charge < -0.3 is 4.90 Å². The Balaban J connectivity index is 2.22. The summed E-state index contributed by atoms with van der Waals surface area (Å²) in [6.45, 7) is 5.97. The highest BCUT2D eigenvalue weighted by atomic mass is 32.2. The van der Waals surface area contributed by atoms with Crippen molar-refractivity contribution < 1.29 is 13.3 Å². The third-order valence-electron chi connectivity index (χ3n) is 4.33. The van der Waals surface area contributed by atoms with Crippen LogP contribution in [-0.4, -0.2) is 32.7 Å². The zero-order valence-electron chi connectivity index (χ0n) is 13.9. The molecule has 1 saturated heterocycles. The maximum absolute atomic E-state index is 11.6. The van der Waals surface area contributed by atoms with E-state index in [1.54, 1.807) is 6.07 Å². The number of nitro benzene ring substituents is 1. The normalized spacial score (nSPS) is 16.8. The first-order valence-corrected chi connectivity index (χ1v) is 9.81. The fourth-order valence-electron chi connectivity index (χ4n) is 3.22. The Morgan fingerprint density at radius 1 is 1.30 bits per heavy atom. The molecule has 0 aliphatic carbocycles. The van der Waals surface area contributed by atoms with E-state index in [0.717, 1.165) is 32.2 Å². The molecule has 7 heteroatoms. The Bertz CT molecular complexity index is 677. The van der Waals surface area contributed by atoms with Gasteiger partial charge in [-0.25, -0.2) is 8.42 Å². The zero-order valence-corrected chi connectivity index (χ0v) is 14.7. The van der Waals surface area contributed by atoms with Crippen molar-refractivity contribution in [3.05, 3.63) is 28.3 Å². The van der Waals surface area contributed by atoms with Crippen LogP contribution in [0.2, 0.25) is 0 Å². The number of nitrogens with zero attached hydrogens (tertiary/aromatic N) is 2. The second-order valence-corrected chi connectivity index (χ2v) is 8.76. The molecule has 0 aromatic heterocycles. The second-order valence-electron chi connectivity index (χ2n) is 6.74. The predicted molar refractivity (Wildman–Crippen MR) is 90.6 cm³/mol. The van der Waals surface area contributed by atoms with Crippen LogP contribution in [0.5, 0.6) is 0 Å². The number of hydrogen-bond donors (Lipinski definition) is 0. The zero-order chi connectivity index (χ0) is 17.2. The molecule has 0 N–H and O–H groups in total. The van der Waals surface area contributed by atoms with Gasteiger partial charge in [-0.15, -0.1) is 0 Å². The van der Waals surface area contributed by atoms with Crippen molar-refractivity contribution in [2.45, 2.75) is 38.0 Å². The fourth-order valence-corrected chi connectivity index (χ4v) is 3.86. The molecule has 1 aromatic carbocycles. The maximum atomic E-state index is 11.6. The average Bonchev–Trinajstić information content (AvgIpc) is 2.46. The van der Waals surface area contributed by atoms with Gasteiger partial charge in [-0.2, -0.15) is 0 Å². The summed E-state index contributed by atoms with van der Waals surface area (Å²) in [6.07, 6.45) is 4.28. The van der Waals surface area contributed by atoms with E-state index in [2.05, 4.69) is 13.8 Å². The standard InChI is InChI=1S/C16H24N2O4S/c1-12(2)10-13-6-8-17(9-7-13)15-5-4-14(23(3,21)22)11-16(15)18(19)20/h4-5,11-13H,6-10H2,1-3H3. The van der Waals surface area contributed by atoms with Crippen molar-refractivity contribution in [3.8, 4) is 0 Å². The van der Waals surface area contributed by atoms with Crippen LogP contribution in [0, 0.1) is 22.0 Å². The molecule has 0 radical (unpaired) electrons. The second kappa shape index (κ2) is 6.86. The Hall–Kier alpha value is -1.63. The Morgan fingerprint density at radius 3 is 2.39 bits per heavy atom. The lowest BCUT2D eigenvalue weighted by atomic mass is 9.88. The number of piperidine rings is 1. The Labute approximate surface area is 137 Å². The number of hydrogen-bond acceptors (Lipinski definition) is 5. The Morgan fingerprint density at radius 2 is 1.91 bits per heavy atom. The van der Waals surface area contributed by atoms with Crippen LogP contribution in [-0.2, 0) is 9.84 Å². The number of benzene rings is 1.